The summed E-state index contributed by atoms with van der Waals surface area (Å²) in [5.74, 6) is -0.993. The van der Waals surface area contributed by atoms with Gasteiger partial charge in [0.1, 0.15) is 0 Å². The van der Waals surface area contributed by atoms with Crippen LogP contribution in [0, 0.1) is 6.92 Å². The van der Waals surface area contributed by atoms with Gasteiger partial charge in [0, 0.05) is 23.2 Å². The van der Waals surface area contributed by atoms with E-state index in [0.717, 1.165) is 17.8 Å². The molecule has 1 aromatic rings. The molecule has 0 aliphatic rings. The van der Waals surface area contributed by atoms with Crippen LogP contribution in [0.15, 0.2) is 12.1 Å². The summed E-state index contributed by atoms with van der Waals surface area (Å²) in [6.07, 6.45) is 2.04. The number of carboxylic acid groups (broad SMARTS) is 1. The van der Waals surface area contributed by atoms with Crippen molar-refractivity contribution in [1.82, 2.24) is 0 Å². The molecule has 1 atom stereocenters. The number of carboxylic acids is 1. The SMILES string of the molecule is CSC(C)CNc1cc(C)c(N)c(C(=O)O)c1. The fourth-order valence-corrected chi connectivity index (χ4v) is 1.67. The molecule has 0 aliphatic carbocycles. The van der Waals surface area contributed by atoms with Gasteiger partial charge in [-0.3, -0.25) is 0 Å². The third kappa shape index (κ3) is 3.56. The lowest BCUT2D eigenvalue weighted by molar-refractivity contribution is 0.0698. The third-order valence-electron chi connectivity index (χ3n) is 2.61. The van der Waals surface area contributed by atoms with Crippen LogP contribution < -0.4 is 11.1 Å². The molecule has 1 aromatic carbocycles. The van der Waals surface area contributed by atoms with E-state index in [1.165, 1.54) is 0 Å². The molecule has 0 aromatic heterocycles. The Morgan fingerprint density at radius 1 is 1.59 bits per heavy atom. The van der Waals surface area contributed by atoms with Gasteiger partial charge in [-0.1, -0.05) is 6.92 Å². The number of aromatic carboxylic acids is 1. The topological polar surface area (TPSA) is 75.3 Å². The number of hydrogen-bond acceptors (Lipinski definition) is 4. The van der Waals surface area contributed by atoms with Gasteiger partial charge in [0.25, 0.3) is 0 Å². The van der Waals surface area contributed by atoms with Crippen molar-refractivity contribution in [2.75, 3.05) is 23.9 Å². The van der Waals surface area contributed by atoms with Crippen LogP contribution in [-0.2, 0) is 0 Å². The number of carbonyl (C=O) groups is 1. The molecule has 0 aliphatic heterocycles. The molecule has 1 unspecified atom stereocenters. The Labute approximate surface area is 106 Å². The highest BCUT2D eigenvalue weighted by Crippen LogP contribution is 2.23. The van der Waals surface area contributed by atoms with Gasteiger partial charge in [-0.25, -0.2) is 4.79 Å². The van der Waals surface area contributed by atoms with Gasteiger partial charge in [0.15, 0.2) is 0 Å². The zero-order valence-electron chi connectivity index (χ0n) is 10.3. The zero-order chi connectivity index (χ0) is 13.0. The first-order valence-electron chi connectivity index (χ1n) is 5.35. The molecule has 0 saturated heterocycles. The first-order valence-corrected chi connectivity index (χ1v) is 6.64. The molecular formula is C12H18N2O2S. The Kier molecular flexibility index (Phi) is 4.69. The number of anilines is 2. The Balaban J connectivity index is 2.91. The first-order chi connectivity index (χ1) is 7.95. The van der Waals surface area contributed by atoms with Gasteiger partial charge >= 0.3 is 5.97 Å². The van der Waals surface area contributed by atoms with Crippen LogP contribution in [0.1, 0.15) is 22.8 Å². The molecular weight excluding hydrogens is 236 g/mol. The lowest BCUT2D eigenvalue weighted by Crippen LogP contribution is -2.14. The minimum absolute atomic E-state index is 0.157. The second-order valence-corrected chi connectivity index (χ2v) is 5.26. The monoisotopic (exact) mass is 254 g/mol. The summed E-state index contributed by atoms with van der Waals surface area (Å²) in [5.41, 5.74) is 7.80. The van der Waals surface area contributed by atoms with Crippen LogP contribution in [0.5, 0.6) is 0 Å². The zero-order valence-corrected chi connectivity index (χ0v) is 11.1. The molecule has 4 N–H and O–H groups in total. The summed E-state index contributed by atoms with van der Waals surface area (Å²) in [5, 5.41) is 12.7. The normalized spacial score (nSPS) is 12.2. The minimum Gasteiger partial charge on any atom is -0.478 e. The molecule has 4 nitrogen and oxygen atoms in total. The number of thioether (sulfide) groups is 1. The van der Waals surface area contributed by atoms with E-state index in [1.54, 1.807) is 17.8 Å². The van der Waals surface area contributed by atoms with E-state index in [9.17, 15) is 4.79 Å². The predicted molar refractivity (Wildman–Crippen MR) is 74.0 cm³/mol. The van der Waals surface area contributed by atoms with Gasteiger partial charge in [-0.05, 0) is 30.9 Å². The number of rotatable bonds is 5. The second-order valence-electron chi connectivity index (χ2n) is 3.99. The maximum atomic E-state index is 11.0. The summed E-state index contributed by atoms with van der Waals surface area (Å²) >= 11 is 1.76. The molecule has 0 heterocycles. The lowest BCUT2D eigenvalue weighted by Gasteiger charge is -2.13. The van der Waals surface area contributed by atoms with E-state index in [-0.39, 0.29) is 5.56 Å². The van der Waals surface area contributed by atoms with Crippen LogP contribution >= 0.6 is 11.8 Å². The van der Waals surface area contributed by atoms with E-state index in [4.69, 9.17) is 10.8 Å². The Bertz CT molecular complexity index is 421. The van der Waals surface area contributed by atoms with Crippen molar-refractivity contribution in [3.8, 4) is 0 Å². The summed E-state index contributed by atoms with van der Waals surface area (Å²) in [6.45, 7) is 4.72. The molecule has 0 amide bonds. The molecule has 1 rings (SSSR count). The number of nitrogens with two attached hydrogens (primary N) is 1. The van der Waals surface area contributed by atoms with Crippen LogP contribution in [-0.4, -0.2) is 29.1 Å². The quantitative estimate of drug-likeness (QED) is 0.704. The van der Waals surface area contributed by atoms with Crippen molar-refractivity contribution < 1.29 is 9.90 Å². The smallest absolute Gasteiger partial charge is 0.337 e. The van der Waals surface area contributed by atoms with Crippen molar-refractivity contribution in [3.05, 3.63) is 23.3 Å². The average Bonchev–Trinajstić information content (AvgIpc) is 2.29. The molecule has 17 heavy (non-hydrogen) atoms. The number of benzene rings is 1. The van der Waals surface area contributed by atoms with Gasteiger partial charge in [-0.15, -0.1) is 0 Å². The van der Waals surface area contributed by atoms with Crippen molar-refractivity contribution in [2.24, 2.45) is 0 Å². The van der Waals surface area contributed by atoms with Crippen LogP contribution in [0.4, 0.5) is 11.4 Å². The molecule has 0 radical (unpaired) electrons. The number of nitrogen functional groups attached to an aromatic ring is 1. The Morgan fingerprint density at radius 3 is 2.76 bits per heavy atom. The van der Waals surface area contributed by atoms with E-state index in [0.29, 0.717) is 10.9 Å². The maximum Gasteiger partial charge on any atom is 0.337 e. The third-order valence-corrected chi connectivity index (χ3v) is 3.58. The highest BCUT2D eigenvalue weighted by molar-refractivity contribution is 7.99. The van der Waals surface area contributed by atoms with Crippen molar-refractivity contribution >= 4 is 29.1 Å². The number of nitrogens with one attached hydrogen (secondary N) is 1. The Hall–Kier alpha value is -1.36. The van der Waals surface area contributed by atoms with Crippen LogP contribution in [0.2, 0.25) is 0 Å². The van der Waals surface area contributed by atoms with Crippen molar-refractivity contribution in [1.29, 1.82) is 0 Å². The molecule has 0 spiro atoms. The van der Waals surface area contributed by atoms with E-state index in [2.05, 4.69) is 12.2 Å². The van der Waals surface area contributed by atoms with Gasteiger partial charge in [0.2, 0.25) is 0 Å². The van der Waals surface area contributed by atoms with E-state index >= 15 is 0 Å². The van der Waals surface area contributed by atoms with E-state index < -0.39 is 5.97 Å². The van der Waals surface area contributed by atoms with Gasteiger partial charge in [0.05, 0.1) is 5.56 Å². The fraction of sp³-hybridized carbons (Fsp3) is 0.417. The molecule has 0 saturated carbocycles. The molecule has 0 bridgehead atoms. The summed E-state index contributed by atoms with van der Waals surface area (Å²) in [7, 11) is 0. The standard InChI is InChI=1S/C12H18N2O2S/c1-7-4-9(14-6-8(2)17-3)5-10(11(7)13)12(15)16/h4-5,8,14H,6,13H2,1-3H3,(H,15,16). The largest absolute Gasteiger partial charge is 0.478 e. The van der Waals surface area contributed by atoms with Crippen molar-refractivity contribution in [3.63, 3.8) is 0 Å². The lowest BCUT2D eigenvalue weighted by atomic mass is 10.1. The molecule has 94 valence electrons. The highest BCUT2D eigenvalue weighted by atomic mass is 32.2. The molecule has 5 heteroatoms. The van der Waals surface area contributed by atoms with Gasteiger partial charge in [-0.2, -0.15) is 11.8 Å². The van der Waals surface area contributed by atoms with Crippen LogP contribution in [0.25, 0.3) is 0 Å². The predicted octanol–water partition coefficient (Wildman–Crippen LogP) is 2.44. The maximum absolute atomic E-state index is 11.0. The molecule has 0 fully saturated rings. The number of hydrogen-bond donors (Lipinski definition) is 3. The van der Waals surface area contributed by atoms with Crippen molar-refractivity contribution in [2.45, 2.75) is 19.1 Å². The summed E-state index contributed by atoms with van der Waals surface area (Å²) in [4.78, 5) is 11.0. The fourth-order valence-electron chi connectivity index (χ4n) is 1.42. The van der Waals surface area contributed by atoms with E-state index in [1.807, 2.05) is 19.2 Å². The van der Waals surface area contributed by atoms with Gasteiger partial charge < -0.3 is 16.2 Å². The summed E-state index contributed by atoms with van der Waals surface area (Å²) in [6, 6.07) is 3.45. The van der Waals surface area contributed by atoms with Crippen LogP contribution in [0.3, 0.4) is 0 Å². The first kappa shape index (κ1) is 13.7. The summed E-state index contributed by atoms with van der Waals surface area (Å²) < 4.78 is 0. The average molecular weight is 254 g/mol. The minimum atomic E-state index is -0.993. The highest BCUT2D eigenvalue weighted by Gasteiger charge is 2.11. The second kappa shape index (κ2) is 5.82. The Morgan fingerprint density at radius 2 is 2.24 bits per heavy atom. The number of aryl methyl sites for hydroxylation is 1.